The molecule has 38 heavy (non-hydrogen) atoms. The van der Waals surface area contributed by atoms with Gasteiger partial charge in [-0.05, 0) is 49.1 Å². The molecular weight excluding hydrogens is 499 g/mol. The first-order valence-electron chi connectivity index (χ1n) is 11.6. The number of hydrogen-bond donors (Lipinski definition) is 2. The summed E-state index contributed by atoms with van der Waals surface area (Å²) in [5.74, 6) is -0.454. The van der Waals surface area contributed by atoms with Gasteiger partial charge in [-0.3, -0.25) is 19.6 Å². The molecule has 192 valence electrons. The number of benzene rings is 1. The predicted octanol–water partition coefficient (Wildman–Crippen LogP) is 4.92. The molecule has 3 aromatic heterocycles. The molecule has 0 unspecified atom stereocenters. The SMILES string of the molecule is Cc1ccc(NC(=O)c2cncc(C(F)(F)F)n2)cc1-c1cncc(-c2cc(NC(=O)C3CC3)ncn2)c1. The predicted molar refractivity (Wildman–Crippen MR) is 132 cm³/mol. The molecule has 1 fully saturated rings. The lowest BCUT2D eigenvalue weighted by atomic mass is 9.99. The molecule has 2 N–H and O–H groups in total. The third-order valence-corrected chi connectivity index (χ3v) is 5.86. The molecule has 1 aromatic carbocycles. The number of hydrogen-bond acceptors (Lipinski definition) is 7. The van der Waals surface area contributed by atoms with Gasteiger partial charge in [-0.1, -0.05) is 6.07 Å². The van der Waals surface area contributed by atoms with Gasteiger partial charge >= 0.3 is 6.18 Å². The third-order valence-electron chi connectivity index (χ3n) is 5.86. The number of nitrogens with zero attached hydrogens (tertiary/aromatic N) is 5. The number of halogens is 3. The van der Waals surface area contributed by atoms with Crippen LogP contribution >= 0.6 is 0 Å². The van der Waals surface area contributed by atoms with E-state index in [9.17, 15) is 22.8 Å². The Morgan fingerprint density at radius 1 is 0.921 bits per heavy atom. The number of aromatic nitrogens is 5. The fourth-order valence-corrected chi connectivity index (χ4v) is 3.70. The molecule has 0 saturated heterocycles. The van der Waals surface area contributed by atoms with Gasteiger partial charge in [0.1, 0.15) is 17.8 Å². The molecule has 0 bridgehead atoms. The van der Waals surface area contributed by atoms with Crippen molar-refractivity contribution in [2.75, 3.05) is 10.6 Å². The van der Waals surface area contributed by atoms with Crippen molar-refractivity contribution in [3.05, 3.63) is 78.4 Å². The lowest BCUT2D eigenvalue weighted by Gasteiger charge is -2.12. The van der Waals surface area contributed by atoms with Crippen LogP contribution in [0.3, 0.4) is 0 Å². The molecule has 1 saturated carbocycles. The van der Waals surface area contributed by atoms with Crippen LogP contribution < -0.4 is 10.6 Å². The van der Waals surface area contributed by atoms with Crippen molar-refractivity contribution in [1.82, 2.24) is 24.9 Å². The molecule has 0 atom stereocenters. The Morgan fingerprint density at radius 2 is 1.68 bits per heavy atom. The van der Waals surface area contributed by atoms with Gasteiger partial charge in [-0.15, -0.1) is 0 Å². The molecular formula is C26H20F3N7O2. The molecule has 4 aromatic rings. The Labute approximate surface area is 214 Å². The van der Waals surface area contributed by atoms with Crippen LogP contribution in [0, 0.1) is 12.8 Å². The van der Waals surface area contributed by atoms with Gasteiger partial charge in [0.05, 0.1) is 18.1 Å². The van der Waals surface area contributed by atoms with Crippen molar-refractivity contribution in [1.29, 1.82) is 0 Å². The molecule has 0 radical (unpaired) electrons. The summed E-state index contributed by atoms with van der Waals surface area (Å²) >= 11 is 0. The molecule has 0 aliphatic heterocycles. The number of pyridine rings is 1. The molecule has 1 aliphatic rings. The fourth-order valence-electron chi connectivity index (χ4n) is 3.70. The van der Waals surface area contributed by atoms with Crippen molar-refractivity contribution >= 4 is 23.3 Å². The van der Waals surface area contributed by atoms with Gasteiger partial charge in [0.25, 0.3) is 5.91 Å². The van der Waals surface area contributed by atoms with E-state index in [2.05, 4.69) is 35.6 Å². The maximum atomic E-state index is 12.9. The number of anilines is 2. The Kier molecular flexibility index (Phi) is 6.53. The van der Waals surface area contributed by atoms with E-state index in [-0.39, 0.29) is 11.8 Å². The zero-order valence-corrected chi connectivity index (χ0v) is 20.0. The van der Waals surface area contributed by atoms with Crippen LogP contribution in [-0.4, -0.2) is 36.7 Å². The zero-order chi connectivity index (χ0) is 26.9. The second-order valence-electron chi connectivity index (χ2n) is 8.79. The molecule has 3 heterocycles. The van der Waals surface area contributed by atoms with E-state index in [4.69, 9.17) is 0 Å². The van der Waals surface area contributed by atoms with Gasteiger partial charge in [0.2, 0.25) is 5.91 Å². The van der Waals surface area contributed by atoms with E-state index < -0.39 is 23.5 Å². The second-order valence-corrected chi connectivity index (χ2v) is 8.79. The van der Waals surface area contributed by atoms with Crippen LogP contribution in [0.1, 0.15) is 34.6 Å². The minimum Gasteiger partial charge on any atom is -0.321 e. The van der Waals surface area contributed by atoms with Crippen molar-refractivity contribution in [2.24, 2.45) is 5.92 Å². The Hall–Kier alpha value is -4.74. The van der Waals surface area contributed by atoms with Gasteiger partial charge in [0.15, 0.2) is 5.69 Å². The average Bonchev–Trinajstić information content (AvgIpc) is 3.75. The van der Waals surface area contributed by atoms with E-state index in [1.807, 2.05) is 13.0 Å². The molecule has 12 heteroatoms. The van der Waals surface area contributed by atoms with Crippen LogP contribution in [0.2, 0.25) is 0 Å². The highest BCUT2D eigenvalue weighted by Crippen LogP contribution is 2.32. The molecule has 5 rings (SSSR count). The molecule has 2 amide bonds. The van der Waals surface area contributed by atoms with Crippen LogP contribution in [0.4, 0.5) is 24.7 Å². The van der Waals surface area contributed by atoms with E-state index in [1.165, 1.54) is 6.33 Å². The standard InChI is InChI=1S/C26H20F3N7O2/c1-14-2-5-18(34-25(38)21-11-31-12-22(35-21)26(27,28)29)7-19(14)16-6-17(10-30-9-16)20-8-23(33-13-32-20)36-24(37)15-3-4-15/h2,5-13,15H,3-4H2,1H3,(H,34,38)(H,32,33,36,37). The first-order chi connectivity index (χ1) is 18.2. The number of alkyl halides is 3. The summed E-state index contributed by atoms with van der Waals surface area (Å²) in [6, 6.07) is 8.62. The monoisotopic (exact) mass is 519 g/mol. The number of aryl methyl sites for hydroxylation is 1. The van der Waals surface area contributed by atoms with Crippen molar-refractivity contribution in [3.63, 3.8) is 0 Å². The first kappa shape index (κ1) is 24.9. The Balaban J connectivity index is 1.38. The normalized spacial score (nSPS) is 13.2. The van der Waals surface area contributed by atoms with Gasteiger partial charge < -0.3 is 10.6 Å². The summed E-state index contributed by atoms with van der Waals surface area (Å²) in [5.41, 5.74) is 2.22. The minimum atomic E-state index is -4.72. The summed E-state index contributed by atoms with van der Waals surface area (Å²) in [6.07, 6.45) is 3.20. The Bertz CT molecular complexity index is 1540. The molecule has 1 aliphatic carbocycles. The maximum absolute atomic E-state index is 12.9. The summed E-state index contributed by atoms with van der Waals surface area (Å²) < 4.78 is 38.8. The van der Waals surface area contributed by atoms with Crippen LogP contribution in [0.15, 0.2) is 61.4 Å². The highest BCUT2D eigenvalue weighted by atomic mass is 19.4. The largest absolute Gasteiger partial charge is 0.434 e. The summed E-state index contributed by atoms with van der Waals surface area (Å²) in [5, 5.41) is 5.37. The van der Waals surface area contributed by atoms with E-state index in [1.54, 1.807) is 36.7 Å². The van der Waals surface area contributed by atoms with Crippen LogP contribution in [0.25, 0.3) is 22.4 Å². The number of carbonyl (C=O) groups is 2. The topological polar surface area (TPSA) is 123 Å². The van der Waals surface area contributed by atoms with Gasteiger partial charge in [0, 0.05) is 41.2 Å². The minimum absolute atomic E-state index is 0.0368. The van der Waals surface area contributed by atoms with E-state index >= 15 is 0 Å². The first-order valence-corrected chi connectivity index (χ1v) is 11.6. The number of rotatable bonds is 6. The van der Waals surface area contributed by atoms with E-state index in [0.717, 1.165) is 35.7 Å². The Morgan fingerprint density at radius 3 is 2.45 bits per heavy atom. The van der Waals surface area contributed by atoms with Crippen molar-refractivity contribution < 1.29 is 22.8 Å². The highest BCUT2D eigenvalue weighted by Gasteiger charge is 2.33. The van der Waals surface area contributed by atoms with E-state index in [0.29, 0.717) is 29.0 Å². The van der Waals surface area contributed by atoms with Crippen molar-refractivity contribution in [2.45, 2.75) is 25.9 Å². The smallest absolute Gasteiger partial charge is 0.321 e. The quantitative estimate of drug-likeness (QED) is 0.371. The lowest BCUT2D eigenvalue weighted by molar-refractivity contribution is -0.141. The molecule has 9 nitrogen and oxygen atoms in total. The summed E-state index contributed by atoms with van der Waals surface area (Å²) in [6.45, 7) is 1.88. The third kappa shape index (κ3) is 5.64. The van der Waals surface area contributed by atoms with Crippen LogP contribution in [-0.2, 0) is 11.0 Å². The summed E-state index contributed by atoms with van der Waals surface area (Å²) in [7, 11) is 0. The van der Waals surface area contributed by atoms with Crippen molar-refractivity contribution in [3.8, 4) is 22.4 Å². The number of carbonyl (C=O) groups excluding carboxylic acids is 2. The van der Waals surface area contributed by atoms with Gasteiger partial charge in [-0.25, -0.2) is 15.0 Å². The second kappa shape index (κ2) is 9.96. The summed E-state index contributed by atoms with van der Waals surface area (Å²) in [4.78, 5) is 44.3. The zero-order valence-electron chi connectivity index (χ0n) is 20.0. The molecule has 0 spiro atoms. The van der Waals surface area contributed by atoms with Crippen LogP contribution in [0.5, 0.6) is 0 Å². The lowest BCUT2D eigenvalue weighted by Crippen LogP contribution is -2.17. The fraction of sp³-hybridized carbons (Fsp3) is 0.192. The maximum Gasteiger partial charge on any atom is 0.434 e. The average molecular weight is 519 g/mol. The number of nitrogens with one attached hydrogen (secondary N) is 2. The highest BCUT2D eigenvalue weighted by molar-refractivity contribution is 6.03. The van der Waals surface area contributed by atoms with Gasteiger partial charge in [-0.2, -0.15) is 13.2 Å². The number of amides is 2.